The van der Waals surface area contributed by atoms with Crippen molar-refractivity contribution in [3.05, 3.63) is 110 Å². The summed E-state index contributed by atoms with van der Waals surface area (Å²) in [5.74, 6) is 0.253. The van der Waals surface area contributed by atoms with E-state index in [4.69, 9.17) is 24.7 Å². The zero-order valence-electron chi connectivity index (χ0n) is 41.8. The fraction of sp³-hybridized carbons (Fsp3) is 0.367. The summed E-state index contributed by atoms with van der Waals surface area (Å²) in [4.78, 5) is 100. The number of anilines is 3. The number of nitrogens with zero attached hydrogens (tertiary/aromatic N) is 8. The number of unbranched alkanes of at least 4 members (excludes halogenated alkanes) is 2. The fourth-order valence-electron chi connectivity index (χ4n) is 8.45. The number of rotatable bonds is 12. The Balaban J connectivity index is 0.000000259. The van der Waals surface area contributed by atoms with Crippen LogP contribution < -0.4 is 41.4 Å². The number of carbonyl (C=O) groups excluding carboxylic acids is 5. The van der Waals surface area contributed by atoms with Crippen molar-refractivity contribution in [1.82, 2.24) is 29.1 Å². The normalized spacial score (nSPS) is 15.9. The second-order valence-electron chi connectivity index (χ2n) is 17.1. The number of cyclic esters (lactones) is 2. The topological polar surface area (TPSA) is 262 Å². The fourth-order valence-corrected chi connectivity index (χ4v) is 8.45. The summed E-state index contributed by atoms with van der Waals surface area (Å²) in [6.07, 6.45) is 6.13. The molecule has 0 bridgehead atoms. The van der Waals surface area contributed by atoms with E-state index in [0.29, 0.717) is 71.9 Å². The molecule has 2 aromatic carbocycles. The maximum absolute atomic E-state index is 14.5. The number of ether oxygens (including phenoxy) is 4. The second kappa shape index (κ2) is 30.7. The van der Waals surface area contributed by atoms with E-state index in [2.05, 4.69) is 93.0 Å². The summed E-state index contributed by atoms with van der Waals surface area (Å²) in [6.45, 7) is 0.795. The zero-order chi connectivity index (χ0) is 53.9. The molecule has 4 aromatic heterocycles. The molecule has 0 unspecified atom stereocenters. The Bertz CT molecular complexity index is 3280. The van der Waals surface area contributed by atoms with Gasteiger partial charge in [0.25, 0.3) is 22.9 Å². The summed E-state index contributed by atoms with van der Waals surface area (Å²) in [6, 6.07) is 12.4. The molecule has 4 aliphatic rings. The third-order valence-corrected chi connectivity index (χ3v) is 12.0. The number of benzene rings is 2. The number of halogens is 5. The minimum atomic E-state index is -0.522. The largest absolute Gasteiger partial charge is 0.468 e. The molecule has 0 spiro atoms. The van der Waals surface area contributed by atoms with Crippen molar-refractivity contribution in [3.63, 3.8) is 0 Å². The number of amides is 3. The van der Waals surface area contributed by atoms with Gasteiger partial charge in [-0.3, -0.25) is 29.0 Å². The molecule has 4 aliphatic heterocycles. The van der Waals surface area contributed by atoms with E-state index < -0.39 is 12.2 Å². The number of carbonyl (C=O) groups is 5. The van der Waals surface area contributed by atoms with Gasteiger partial charge in [-0.15, -0.1) is 0 Å². The number of aldehydes is 1. The minimum absolute atomic E-state index is 0. The first-order chi connectivity index (χ1) is 36.0. The molecule has 2 saturated heterocycles. The van der Waals surface area contributed by atoms with E-state index >= 15 is 0 Å². The summed E-state index contributed by atoms with van der Waals surface area (Å²) in [7, 11) is 3.26. The molecular formula is C49H53F2I3N10O11S2V. The molecule has 1 radical (unpaired) electrons. The Morgan fingerprint density at radius 3 is 1.79 bits per heavy atom. The molecule has 6 aromatic rings. The predicted molar refractivity (Wildman–Crippen MR) is 318 cm³/mol. The number of aromatic nitrogens is 6. The van der Waals surface area contributed by atoms with Crippen LogP contribution in [0.1, 0.15) is 48.9 Å². The van der Waals surface area contributed by atoms with Gasteiger partial charge in [0.05, 0.1) is 42.9 Å². The summed E-state index contributed by atoms with van der Waals surface area (Å²) in [5.41, 5.74) is 7.72. The molecule has 29 heteroatoms. The van der Waals surface area contributed by atoms with Crippen LogP contribution in [-0.4, -0.2) is 104 Å². The van der Waals surface area contributed by atoms with Crippen LogP contribution in [0.2, 0.25) is 0 Å². The molecular weight excluding hydrogens is 1440 g/mol. The van der Waals surface area contributed by atoms with E-state index in [9.17, 15) is 42.3 Å². The van der Waals surface area contributed by atoms with Crippen LogP contribution in [0.3, 0.4) is 0 Å². The van der Waals surface area contributed by atoms with Crippen LogP contribution in [0, 0.1) is 11.6 Å². The monoisotopic (exact) mass is 1490 g/mol. The standard InChI is InChI=1S/C24H24FN5O5.C13H12FNO2.C11H12N4O4.CHI3.2H2S.V/c1-29-20(32)10-8-14-7-9-17(25)16(21(14)29)6-4-2-3-5-15-12-30(24(33)35-15)18-11-26-23-22(27-18)28-19(31)13-34-23;1-15-12(17)7-5-9-4-6-11(14)10(13(9)15)3-2-8-16;12-2-7-4-15(11(17)19-7)9-3-13-10-8(14-9)1-6(16)5-18-10;2-1(3)4;;;/h7-11,15H,2-6,12-13H2,1H3,(H,27,28,31);4-8H,2-3H2,1H3;3,7H,1-2,4-5,12H2;1H;2*1H2;/t15-;;7-;;;;/m0.0..../s1. The molecule has 8 heterocycles. The van der Waals surface area contributed by atoms with Gasteiger partial charge in [0.2, 0.25) is 5.88 Å². The smallest absolute Gasteiger partial charge is 0.416 e. The van der Waals surface area contributed by atoms with Crippen LogP contribution in [-0.2, 0) is 75.8 Å². The Morgan fingerprint density at radius 2 is 1.23 bits per heavy atom. The predicted octanol–water partition coefficient (Wildman–Crippen LogP) is 6.80. The van der Waals surface area contributed by atoms with E-state index in [1.54, 1.807) is 38.4 Å². The Morgan fingerprint density at radius 1 is 0.718 bits per heavy atom. The van der Waals surface area contributed by atoms with Crippen LogP contribution in [0.5, 0.6) is 11.8 Å². The number of hydrogen-bond donors (Lipinski definition) is 2. The molecule has 0 aliphatic carbocycles. The minimum Gasteiger partial charge on any atom is -0.468 e. The Hall–Kier alpha value is -4.74. The van der Waals surface area contributed by atoms with Crippen molar-refractivity contribution in [1.29, 1.82) is 0 Å². The van der Waals surface area contributed by atoms with Crippen molar-refractivity contribution >= 4 is 164 Å². The number of fused-ring (bicyclic) bond motifs is 4. The SMILES string of the molecule is Cn1c(=O)ccc2ccc(F)c(CCC=O)c21.Cn1c(=O)ccc2ccc(F)c(CCCCC[C@H]3CN(c4cnc5c(n4)NC(=O)CO5)C(=O)O3)c21.IC(I)I.NC[C@H]1CN(c2cnc3c(n2)CC(=O)CO3)C(=O)O1.S.S.[V]. The van der Waals surface area contributed by atoms with Gasteiger partial charge in [-0.2, -0.15) is 27.0 Å². The molecule has 10 rings (SSSR count). The molecule has 3 amide bonds. The van der Waals surface area contributed by atoms with Crippen LogP contribution in [0.15, 0.2) is 70.5 Å². The van der Waals surface area contributed by atoms with Crippen molar-refractivity contribution in [2.45, 2.75) is 63.5 Å². The third kappa shape index (κ3) is 16.7. The average Bonchev–Trinajstić information content (AvgIpc) is 3.97. The first kappa shape index (κ1) is 65.8. The van der Waals surface area contributed by atoms with E-state index in [-0.39, 0.29) is 142 Å². The van der Waals surface area contributed by atoms with Gasteiger partial charge >= 0.3 is 12.2 Å². The molecule has 2 fully saturated rings. The number of aryl methyl sites for hydroxylation is 4. The van der Waals surface area contributed by atoms with Gasteiger partial charge in [0.1, 0.15) is 42.4 Å². The molecule has 78 heavy (non-hydrogen) atoms. The average molecular weight is 1490 g/mol. The van der Waals surface area contributed by atoms with Gasteiger partial charge in [0, 0.05) is 68.9 Å². The van der Waals surface area contributed by atoms with Crippen LogP contribution in [0.25, 0.3) is 21.8 Å². The molecule has 0 saturated carbocycles. The van der Waals surface area contributed by atoms with E-state index in [1.807, 2.05) is 0 Å². The van der Waals surface area contributed by atoms with Gasteiger partial charge in [0.15, 0.2) is 29.8 Å². The van der Waals surface area contributed by atoms with E-state index in [0.717, 1.165) is 36.3 Å². The molecule has 2 atom stereocenters. The van der Waals surface area contributed by atoms with Crippen LogP contribution in [0.4, 0.5) is 35.8 Å². The first-order valence-electron chi connectivity index (χ1n) is 23.3. The summed E-state index contributed by atoms with van der Waals surface area (Å²) < 4.78 is 52.8. The van der Waals surface area contributed by atoms with Gasteiger partial charge in [-0.25, -0.2) is 38.3 Å². The molecule has 3 N–H and O–H groups in total. The van der Waals surface area contributed by atoms with E-state index in [1.165, 1.54) is 55.6 Å². The molecule has 417 valence electrons. The summed E-state index contributed by atoms with van der Waals surface area (Å²) in [5, 5.41) is 4.20. The number of pyridine rings is 2. The zero-order valence-corrected chi connectivity index (χ0v) is 51.6. The number of Topliss-reactive ketones (excluding diaryl/α,β-unsaturated/α-hetero) is 1. The number of nitrogens with one attached hydrogen (secondary N) is 1. The Labute approximate surface area is 512 Å². The Kier molecular flexibility index (Phi) is 25.9. The second-order valence-corrected chi connectivity index (χ2v) is 28.0. The van der Waals surface area contributed by atoms with Crippen molar-refractivity contribution in [2.24, 2.45) is 19.8 Å². The van der Waals surface area contributed by atoms with Gasteiger partial charge < -0.3 is 43.9 Å². The summed E-state index contributed by atoms with van der Waals surface area (Å²) >= 11 is 6.95. The van der Waals surface area contributed by atoms with Gasteiger partial charge in [-0.1, -0.05) is 74.2 Å². The van der Waals surface area contributed by atoms with Gasteiger partial charge in [-0.05, 0) is 79.3 Å². The van der Waals surface area contributed by atoms with Crippen LogP contribution >= 0.6 is 94.8 Å². The first-order valence-corrected chi connectivity index (χ1v) is 27.1. The van der Waals surface area contributed by atoms with Crippen molar-refractivity contribution < 1.29 is 70.3 Å². The number of alkyl halides is 3. The third-order valence-electron chi connectivity index (χ3n) is 12.0. The molecule has 21 nitrogen and oxygen atoms in total. The number of hydrogen-bond acceptors (Lipinski definition) is 16. The number of ketones is 1. The van der Waals surface area contributed by atoms with Crippen molar-refractivity contribution in [2.75, 3.05) is 48.0 Å². The number of nitrogens with two attached hydrogens (primary N) is 1. The van der Waals surface area contributed by atoms with Crippen molar-refractivity contribution in [3.8, 4) is 11.8 Å². The maximum Gasteiger partial charge on any atom is 0.416 e. The maximum atomic E-state index is 14.5. The quantitative estimate of drug-likeness (QED) is 0.0552.